The molecule has 0 unspecified atom stereocenters. The molecule has 1 fully saturated rings. The van der Waals surface area contributed by atoms with Crippen LogP contribution in [-0.4, -0.2) is 34.6 Å². The molecular weight excluding hydrogens is 268 g/mol. The first-order chi connectivity index (χ1) is 9.94. The molecule has 0 N–H and O–H groups in total. The lowest BCUT2D eigenvalue weighted by Gasteiger charge is -2.27. The maximum absolute atomic E-state index is 12.1. The molecule has 3 rings (SSSR count). The van der Waals surface area contributed by atoms with E-state index in [2.05, 4.69) is 5.10 Å². The monoisotopic (exact) mass is 288 g/mol. The van der Waals surface area contributed by atoms with Gasteiger partial charge < -0.3 is 9.47 Å². The number of nitrogens with zero attached hydrogens (tertiary/aromatic N) is 2. The van der Waals surface area contributed by atoms with Crippen molar-refractivity contribution in [3.63, 3.8) is 0 Å². The number of rotatable bonds is 3. The highest BCUT2D eigenvalue weighted by atomic mass is 16.6. The van der Waals surface area contributed by atoms with Gasteiger partial charge in [-0.15, -0.1) is 0 Å². The Kier molecular flexibility index (Phi) is 3.45. The van der Waals surface area contributed by atoms with Gasteiger partial charge in [0.15, 0.2) is 0 Å². The molecule has 5 heteroatoms. The van der Waals surface area contributed by atoms with E-state index in [-0.39, 0.29) is 18.4 Å². The molecule has 0 spiro atoms. The van der Waals surface area contributed by atoms with Crippen LogP contribution >= 0.6 is 0 Å². The fourth-order valence-corrected chi connectivity index (χ4v) is 2.49. The summed E-state index contributed by atoms with van der Waals surface area (Å²) in [6.07, 6.45) is 2.10. The van der Waals surface area contributed by atoms with Gasteiger partial charge in [-0.05, 0) is 26.3 Å². The van der Waals surface area contributed by atoms with E-state index in [4.69, 9.17) is 9.47 Å². The van der Waals surface area contributed by atoms with Gasteiger partial charge in [-0.25, -0.2) is 0 Å². The highest BCUT2D eigenvalue weighted by molar-refractivity contribution is 5.86. The Morgan fingerprint density at radius 3 is 2.81 bits per heavy atom. The molecule has 0 aliphatic carbocycles. The molecule has 0 atom stereocenters. The SMILES string of the molecule is CC(C)(C)OC(=O)Cc1cccc2cnn(C3COC3)c12. The lowest BCUT2D eigenvalue weighted by atomic mass is 10.1. The van der Waals surface area contributed by atoms with Crippen LogP contribution in [0.2, 0.25) is 0 Å². The van der Waals surface area contributed by atoms with E-state index >= 15 is 0 Å². The van der Waals surface area contributed by atoms with Crippen molar-refractivity contribution >= 4 is 16.9 Å². The van der Waals surface area contributed by atoms with Gasteiger partial charge in [0.25, 0.3) is 0 Å². The maximum Gasteiger partial charge on any atom is 0.310 e. The predicted molar refractivity (Wildman–Crippen MR) is 79.1 cm³/mol. The van der Waals surface area contributed by atoms with E-state index in [1.807, 2.05) is 49.8 Å². The first kappa shape index (κ1) is 14.1. The van der Waals surface area contributed by atoms with E-state index < -0.39 is 5.60 Å². The molecule has 1 saturated heterocycles. The van der Waals surface area contributed by atoms with Crippen molar-refractivity contribution in [3.05, 3.63) is 30.0 Å². The number of aromatic nitrogens is 2. The lowest BCUT2D eigenvalue weighted by molar-refractivity contribution is -0.153. The van der Waals surface area contributed by atoms with Gasteiger partial charge in [-0.2, -0.15) is 5.10 Å². The zero-order valence-corrected chi connectivity index (χ0v) is 12.6. The Morgan fingerprint density at radius 2 is 2.19 bits per heavy atom. The summed E-state index contributed by atoms with van der Waals surface area (Å²) in [5.74, 6) is -0.215. The predicted octanol–water partition coefficient (Wildman–Crippen LogP) is 2.49. The topological polar surface area (TPSA) is 53.3 Å². The van der Waals surface area contributed by atoms with E-state index in [1.165, 1.54) is 0 Å². The van der Waals surface area contributed by atoms with Crippen molar-refractivity contribution in [1.82, 2.24) is 9.78 Å². The van der Waals surface area contributed by atoms with E-state index in [0.717, 1.165) is 16.5 Å². The van der Waals surface area contributed by atoms with Crippen molar-refractivity contribution in [2.24, 2.45) is 0 Å². The van der Waals surface area contributed by atoms with E-state index in [9.17, 15) is 4.79 Å². The third-order valence-corrected chi connectivity index (χ3v) is 3.42. The van der Waals surface area contributed by atoms with E-state index in [0.29, 0.717) is 13.2 Å². The minimum Gasteiger partial charge on any atom is -0.460 e. The fourth-order valence-electron chi connectivity index (χ4n) is 2.49. The number of ether oxygens (including phenoxy) is 2. The van der Waals surface area contributed by atoms with Crippen molar-refractivity contribution in [2.75, 3.05) is 13.2 Å². The summed E-state index contributed by atoms with van der Waals surface area (Å²) in [5.41, 5.74) is 1.50. The standard InChI is InChI=1S/C16H20N2O3/c1-16(2,3)21-14(19)7-11-5-4-6-12-8-17-18(15(11)12)13-9-20-10-13/h4-6,8,13H,7,9-10H2,1-3H3. The van der Waals surface area contributed by atoms with Gasteiger partial charge in [0.05, 0.1) is 37.4 Å². The second-order valence-corrected chi connectivity index (χ2v) is 6.40. The van der Waals surface area contributed by atoms with Gasteiger partial charge in [0, 0.05) is 5.39 Å². The van der Waals surface area contributed by atoms with Gasteiger partial charge in [-0.1, -0.05) is 18.2 Å². The molecule has 21 heavy (non-hydrogen) atoms. The smallest absolute Gasteiger partial charge is 0.310 e. The Morgan fingerprint density at radius 1 is 1.43 bits per heavy atom. The molecule has 1 aliphatic rings. The molecule has 0 bridgehead atoms. The van der Waals surface area contributed by atoms with Gasteiger partial charge >= 0.3 is 5.97 Å². The van der Waals surface area contributed by atoms with Crippen LogP contribution in [0.4, 0.5) is 0 Å². The van der Waals surface area contributed by atoms with Gasteiger partial charge in [0.2, 0.25) is 0 Å². The van der Waals surface area contributed by atoms with Crippen molar-refractivity contribution in [1.29, 1.82) is 0 Å². The molecule has 5 nitrogen and oxygen atoms in total. The Bertz CT molecular complexity index is 666. The minimum absolute atomic E-state index is 0.215. The number of para-hydroxylation sites is 1. The van der Waals surface area contributed by atoms with E-state index in [1.54, 1.807) is 0 Å². The Labute approximate surface area is 123 Å². The fraction of sp³-hybridized carbons (Fsp3) is 0.500. The van der Waals surface area contributed by atoms with Gasteiger partial charge in [0.1, 0.15) is 5.60 Å². The number of carbonyl (C=O) groups excluding carboxylic acids is 1. The first-order valence-corrected chi connectivity index (χ1v) is 7.19. The van der Waals surface area contributed by atoms with Crippen LogP contribution in [-0.2, 0) is 20.7 Å². The zero-order valence-electron chi connectivity index (χ0n) is 12.6. The van der Waals surface area contributed by atoms with Crippen LogP contribution in [0.15, 0.2) is 24.4 Å². The van der Waals surface area contributed by atoms with Crippen LogP contribution in [0.3, 0.4) is 0 Å². The molecular formula is C16H20N2O3. The van der Waals surface area contributed by atoms with Crippen LogP contribution in [0.5, 0.6) is 0 Å². The number of esters is 1. The summed E-state index contributed by atoms with van der Waals surface area (Å²) in [7, 11) is 0. The van der Waals surface area contributed by atoms with Crippen LogP contribution < -0.4 is 0 Å². The molecule has 112 valence electrons. The summed E-state index contributed by atoms with van der Waals surface area (Å²) in [6.45, 7) is 6.99. The average molecular weight is 288 g/mol. The number of carbonyl (C=O) groups is 1. The molecule has 1 aliphatic heterocycles. The number of fused-ring (bicyclic) bond motifs is 1. The summed E-state index contributed by atoms with van der Waals surface area (Å²) in [6, 6.07) is 6.19. The van der Waals surface area contributed by atoms with Crippen molar-refractivity contribution in [3.8, 4) is 0 Å². The van der Waals surface area contributed by atoms with Crippen molar-refractivity contribution < 1.29 is 14.3 Å². The Balaban J connectivity index is 1.91. The van der Waals surface area contributed by atoms with Crippen molar-refractivity contribution in [2.45, 2.75) is 38.8 Å². The Hall–Kier alpha value is -1.88. The molecule has 2 aromatic rings. The molecule has 0 saturated carbocycles. The minimum atomic E-state index is -0.465. The summed E-state index contributed by atoms with van der Waals surface area (Å²) < 4.78 is 12.6. The average Bonchev–Trinajstić information content (AvgIpc) is 2.69. The highest BCUT2D eigenvalue weighted by Crippen LogP contribution is 2.26. The number of hydrogen-bond donors (Lipinski definition) is 0. The van der Waals surface area contributed by atoms with Crippen LogP contribution in [0, 0.1) is 0 Å². The van der Waals surface area contributed by atoms with Crippen LogP contribution in [0.25, 0.3) is 10.9 Å². The molecule has 0 radical (unpaired) electrons. The normalized spacial score (nSPS) is 16.0. The second-order valence-electron chi connectivity index (χ2n) is 6.40. The summed E-state index contributed by atoms with van der Waals surface area (Å²) in [4.78, 5) is 12.1. The van der Waals surface area contributed by atoms with Gasteiger partial charge in [-0.3, -0.25) is 9.48 Å². The second kappa shape index (κ2) is 5.15. The highest BCUT2D eigenvalue weighted by Gasteiger charge is 2.25. The third kappa shape index (κ3) is 2.93. The quantitative estimate of drug-likeness (QED) is 0.814. The number of hydrogen-bond acceptors (Lipinski definition) is 4. The zero-order chi connectivity index (χ0) is 15.0. The van der Waals surface area contributed by atoms with Crippen LogP contribution in [0.1, 0.15) is 32.4 Å². The molecule has 1 aromatic heterocycles. The summed E-state index contributed by atoms with van der Waals surface area (Å²) in [5, 5.41) is 5.49. The third-order valence-electron chi connectivity index (χ3n) is 3.42. The molecule has 0 amide bonds. The maximum atomic E-state index is 12.1. The number of benzene rings is 1. The first-order valence-electron chi connectivity index (χ1n) is 7.19. The largest absolute Gasteiger partial charge is 0.460 e. The summed E-state index contributed by atoms with van der Waals surface area (Å²) >= 11 is 0. The molecule has 1 aromatic carbocycles. The molecule has 2 heterocycles. The lowest BCUT2D eigenvalue weighted by Crippen LogP contribution is -2.31.